The van der Waals surface area contributed by atoms with Gasteiger partial charge in [0.05, 0.1) is 17.0 Å². The van der Waals surface area contributed by atoms with Gasteiger partial charge < -0.3 is 19.4 Å². The molecule has 27 heavy (non-hydrogen) atoms. The molecule has 3 heterocycles. The van der Waals surface area contributed by atoms with Crippen LogP contribution in [0.3, 0.4) is 0 Å². The Labute approximate surface area is 164 Å². The molecule has 1 unspecified atom stereocenters. The largest absolute Gasteiger partial charge is 0.414 e. The van der Waals surface area contributed by atoms with Gasteiger partial charge in [0.25, 0.3) is 17.7 Å². The third kappa shape index (κ3) is 5.21. The van der Waals surface area contributed by atoms with Gasteiger partial charge >= 0.3 is 0 Å². The van der Waals surface area contributed by atoms with E-state index in [0.29, 0.717) is 42.0 Å². The number of methoxy groups -OCH3 is 1. The fraction of sp³-hybridized carbons (Fsp3) is 0.294. The van der Waals surface area contributed by atoms with Crippen LogP contribution in [0.25, 0.3) is 10.8 Å². The summed E-state index contributed by atoms with van der Waals surface area (Å²) in [7, 11) is 1.62. The number of anilines is 1. The summed E-state index contributed by atoms with van der Waals surface area (Å²) in [5.74, 6) is 0.761. The van der Waals surface area contributed by atoms with Crippen LogP contribution in [-0.2, 0) is 16.1 Å². The van der Waals surface area contributed by atoms with Gasteiger partial charge in [-0.15, -0.1) is 32.9 Å². The number of nitriles is 1. The highest BCUT2D eigenvalue weighted by Gasteiger charge is 2.20. The average Bonchev–Trinajstić information content (AvgIpc) is 3.40. The molecule has 0 aliphatic carbocycles. The summed E-state index contributed by atoms with van der Waals surface area (Å²) < 4.78 is 10.9. The highest BCUT2D eigenvalue weighted by molar-refractivity contribution is 7.14. The lowest BCUT2D eigenvalue weighted by molar-refractivity contribution is -0.907. The first-order valence-corrected chi connectivity index (χ1v) is 9.91. The van der Waals surface area contributed by atoms with Gasteiger partial charge in [-0.25, -0.2) is 0 Å². The van der Waals surface area contributed by atoms with Crippen molar-refractivity contribution in [2.45, 2.75) is 6.54 Å². The molecule has 0 aliphatic rings. The number of carbonyl (C=O) groups is 1. The molecule has 10 heteroatoms. The molecular formula is C17H18N5O3S2+. The first-order valence-electron chi connectivity index (χ1n) is 8.15. The Morgan fingerprint density at radius 1 is 1.37 bits per heavy atom. The van der Waals surface area contributed by atoms with Crippen LogP contribution in [0, 0.1) is 11.3 Å². The van der Waals surface area contributed by atoms with Gasteiger partial charge in [-0.2, -0.15) is 5.26 Å². The summed E-state index contributed by atoms with van der Waals surface area (Å²) in [6, 6.07) is 7.58. The minimum atomic E-state index is -0.182. The summed E-state index contributed by atoms with van der Waals surface area (Å²) in [5.41, 5.74) is 0.462. The molecule has 140 valence electrons. The average molecular weight is 404 g/mol. The predicted octanol–water partition coefficient (Wildman–Crippen LogP) is 1.40. The van der Waals surface area contributed by atoms with E-state index in [1.807, 2.05) is 17.5 Å². The SMILES string of the molecule is COCC[NH+](CC(=O)Nc1sccc1C#N)Cc1nnc(-c2cccs2)o1. The van der Waals surface area contributed by atoms with Crippen molar-refractivity contribution >= 4 is 33.6 Å². The second-order valence-corrected chi connectivity index (χ2v) is 7.51. The zero-order valence-electron chi connectivity index (χ0n) is 14.6. The second-order valence-electron chi connectivity index (χ2n) is 5.65. The number of nitrogens with zero attached hydrogens (tertiary/aromatic N) is 3. The predicted molar refractivity (Wildman–Crippen MR) is 102 cm³/mol. The highest BCUT2D eigenvalue weighted by Crippen LogP contribution is 2.23. The number of carbonyl (C=O) groups excluding carboxylic acids is 1. The summed E-state index contributed by atoms with van der Waals surface area (Å²) in [4.78, 5) is 14.2. The lowest BCUT2D eigenvalue weighted by atomic mass is 10.3. The molecule has 0 aliphatic heterocycles. The molecule has 3 aromatic heterocycles. The van der Waals surface area contributed by atoms with Crippen LogP contribution in [-0.4, -0.2) is 42.9 Å². The molecule has 3 aromatic rings. The van der Waals surface area contributed by atoms with E-state index in [1.54, 1.807) is 18.6 Å². The van der Waals surface area contributed by atoms with Crippen LogP contribution in [0.5, 0.6) is 0 Å². The minimum Gasteiger partial charge on any atom is -0.414 e. The van der Waals surface area contributed by atoms with Crippen LogP contribution in [0.15, 0.2) is 33.4 Å². The van der Waals surface area contributed by atoms with Crippen LogP contribution in [0.4, 0.5) is 5.00 Å². The molecule has 0 aromatic carbocycles. The maximum atomic E-state index is 12.4. The van der Waals surface area contributed by atoms with E-state index in [0.717, 1.165) is 9.78 Å². The van der Waals surface area contributed by atoms with Gasteiger partial charge in [0.1, 0.15) is 17.6 Å². The van der Waals surface area contributed by atoms with Gasteiger partial charge in [-0.3, -0.25) is 4.79 Å². The Morgan fingerprint density at radius 3 is 3.00 bits per heavy atom. The molecule has 0 spiro atoms. The van der Waals surface area contributed by atoms with E-state index < -0.39 is 0 Å². The topological polar surface area (TPSA) is 105 Å². The third-order valence-electron chi connectivity index (χ3n) is 3.71. The Balaban J connectivity index is 1.63. The number of thiophene rings is 2. The normalized spacial score (nSPS) is 11.9. The van der Waals surface area contributed by atoms with Crippen molar-refractivity contribution in [1.29, 1.82) is 5.26 Å². The van der Waals surface area contributed by atoms with Crippen molar-refractivity contribution < 1.29 is 18.8 Å². The third-order valence-corrected chi connectivity index (χ3v) is 5.40. The molecule has 0 saturated carbocycles. The second kappa shape index (κ2) is 9.38. The van der Waals surface area contributed by atoms with Crippen molar-refractivity contribution in [2.75, 3.05) is 32.1 Å². The van der Waals surface area contributed by atoms with E-state index >= 15 is 0 Å². The van der Waals surface area contributed by atoms with Gasteiger partial charge in [-0.1, -0.05) is 6.07 Å². The molecule has 0 fully saturated rings. The monoisotopic (exact) mass is 404 g/mol. The first kappa shape index (κ1) is 19.2. The number of aromatic nitrogens is 2. The van der Waals surface area contributed by atoms with Crippen LogP contribution < -0.4 is 10.2 Å². The molecule has 0 radical (unpaired) electrons. The Bertz CT molecular complexity index is 913. The molecule has 0 bridgehead atoms. The highest BCUT2D eigenvalue weighted by atomic mass is 32.1. The van der Waals surface area contributed by atoms with Crippen molar-refractivity contribution in [1.82, 2.24) is 10.2 Å². The molecule has 3 rings (SSSR count). The zero-order valence-corrected chi connectivity index (χ0v) is 16.2. The Hall–Kier alpha value is -2.58. The summed E-state index contributed by atoms with van der Waals surface area (Å²) >= 11 is 2.85. The van der Waals surface area contributed by atoms with E-state index in [1.165, 1.54) is 22.7 Å². The quantitative estimate of drug-likeness (QED) is 0.559. The van der Waals surface area contributed by atoms with Gasteiger partial charge in [0, 0.05) is 7.11 Å². The van der Waals surface area contributed by atoms with Crippen molar-refractivity contribution in [3.8, 4) is 16.8 Å². The van der Waals surface area contributed by atoms with Crippen LogP contribution in [0.2, 0.25) is 0 Å². The number of ether oxygens (including phenoxy) is 1. The maximum absolute atomic E-state index is 12.4. The molecule has 2 N–H and O–H groups in total. The number of nitrogens with one attached hydrogen (secondary N) is 2. The minimum absolute atomic E-state index is 0.182. The summed E-state index contributed by atoms with van der Waals surface area (Å²) in [5, 5.41) is 24.3. The van der Waals surface area contributed by atoms with Crippen LogP contribution >= 0.6 is 22.7 Å². The Kier molecular flexibility index (Phi) is 6.67. The van der Waals surface area contributed by atoms with Crippen LogP contribution in [0.1, 0.15) is 11.5 Å². The number of quaternary nitrogens is 1. The van der Waals surface area contributed by atoms with Gasteiger partial charge in [-0.05, 0) is 22.9 Å². The van der Waals surface area contributed by atoms with Gasteiger partial charge in [0.15, 0.2) is 13.1 Å². The lowest BCUT2D eigenvalue weighted by Gasteiger charge is -2.16. The van der Waals surface area contributed by atoms with E-state index in [-0.39, 0.29) is 12.5 Å². The fourth-order valence-electron chi connectivity index (χ4n) is 2.42. The number of amides is 1. The number of hydrogen-bond donors (Lipinski definition) is 2. The summed E-state index contributed by atoms with van der Waals surface area (Å²) in [6.45, 7) is 1.71. The van der Waals surface area contributed by atoms with Crippen molar-refractivity contribution in [2.24, 2.45) is 0 Å². The Morgan fingerprint density at radius 2 is 2.26 bits per heavy atom. The maximum Gasteiger partial charge on any atom is 0.280 e. The van der Waals surface area contributed by atoms with Crippen molar-refractivity contribution in [3.05, 3.63) is 40.4 Å². The van der Waals surface area contributed by atoms with E-state index in [4.69, 9.17) is 14.4 Å². The van der Waals surface area contributed by atoms with Crippen molar-refractivity contribution in [3.63, 3.8) is 0 Å². The standard InChI is InChI=1S/C17H17N5O3S2/c1-24-6-5-22(10-14(23)19-17-12(9-18)4-8-27-17)11-15-20-21-16(25-15)13-3-2-7-26-13/h2-4,7-8H,5-6,10-11H2,1H3,(H,19,23)/p+1. The molecule has 8 nitrogen and oxygen atoms in total. The first-order chi connectivity index (χ1) is 13.2. The smallest absolute Gasteiger partial charge is 0.280 e. The molecule has 1 amide bonds. The fourth-order valence-corrected chi connectivity index (χ4v) is 3.81. The van der Waals surface area contributed by atoms with E-state index in [2.05, 4.69) is 21.6 Å². The van der Waals surface area contributed by atoms with E-state index in [9.17, 15) is 4.79 Å². The molecular weight excluding hydrogens is 386 g/mol. The lowest BCUT2D eigenvalue weighted by Crippen LogP contribution is -3.12. The number of rotatable bonds is 9. The summed E-state index contributed by atoms with van der Waals surface area (Å²) in [6.07, 6.45) is 0. The molecule has 1 atom stereocenters. The molecule has 0 saturated heterocycles. The zero-order chi connectivity index (χ0) is 19.1. The van der Waals surface area contributed by atoms with Gasteiger partial charge in [0.2, 0.25) is 0 Å². The number of hydrogen-bond acceptors (Lipinski definition) is 8.